The molecule has 7 heteroatoms. The van der Waals surface area contributed by atoms with Gasteiger partial charge in [-0.05, 0) is 21.8 Å². The predicted octanol–water partition coefficient (Wildman–Crippen LogP) is -0.545. The van der Waals surface area contributed by atoms with E-state index in [0.717, 1.165) is 4.57 Å². The Balaban J connectivity index is 3.01. The fourth-order valence-electron chi connectivity index (χ4n) is 1.25. The smallest absolute Gasteiger partial charge is 0.328 e. The van der Waals surface area contributed by atoms with Crippen molar-refractivity contribution in [1.29, 1.82) is 0 Å². The lowest BCUT2D eigenvalue weighted by atomic mass is 10.4. The van der Waals surface area contributed by atoms with Crippen molar-refractivity contribution in [1.82, 2.24) is 19.1 Å². The van der Waals surface area contributed by atoms with E-state index in [4.69, 9.17) is 0 Å². The van der Waals surface area contributed by atoms with Crippen LogP contribution in [-0.4, -0.2) is 19.1 Å². The maximum absolute atomic E-state index is 11.5. The highest BCUT2D eigenvalue weighted by molar-refractivity contribution is 9.10. The highest BCUT2D eigenvalue weighted by Gasteiger charge is 2.16. The van der Waals surface area contributed by atoms with E-state index in [1.807, 2.05) is 0 Å². The first-order valence-electron chi connectivity index (χ1n) is 3.78. The van der Waals surface area contributed by atoms with E-state index in [1.165, 1.54) is 11.6 Å². The van der Waals surface area contributed by atoms with Crippen LogP contribution in [0.3, 0.4) is 0 Å². The van der Waals surface area contributed by atoms with Crippen LogP contribution in [0.5, 0.6) is 5.88 Å². The van der Waals surface area contributed by atoms with Crippen LogP contribution in [0.25, 0.3) is 11.5 Å². The Morgan fingerprint density at radius 2 is 1.93 bits per heavy atom. The Hall–Kier alpha value is -1.37. The number of halogens is 1. The summed E-state index contributed by atoms with van der Waals surface area (Å²) < 4.78 is 2.60. The topological polar surface area (TPSA) is 75.8 Å². The van der Waals surface area contributed by atoms with E-state index < -0.39 is 11.6 Å². The molecule has 6 nitrogen and oxygen atoms in total. The first-order chi connectivity index (χ1) is 6.52. The maximum Gasteiger partial charge on any atom is 0.328 e. The lowest BCUT2D eigenvalue weighted by Gasteiger charge is -2.17. The molecule has 0 saturated carbocycles. The van der Waals surface area contributed by atoms with Gasteiger partial charge in [-0.1, -0.05) is 0 Å². The Morgan fingerprint density at radius 1 is 1.29 bits per heavy atom. The van der Waals surface area contributed by atoms with Gasteiger partial charge in [0, 0.05) is 14.1 Å². The van der Waals surface area contributed by atoms with Gasteiger partial charge >= 0.3 is 5.69 Å². The largest absolute Gasteiger partial charge is 0.858 e. The average Bonchev–Trinajstić information content (AvgIpc) is 2.54. The van der Waals surface area contributed by atoms with Crippen molar-refractivity contribution in [3.05, 3.63) is 15.2 Å². The molecular weight excluding hydrogens is 252 g/mol. The maximum atomic E-state index is 11.5. The molecule has 0 aliphatic carbocycles. The van der Waals surface area contributed by atoms with Crippen LogP contribution in [0.1, 0.15) is 0 Å². The zero-order valence-corrected chi connectivity index (χ0v) is 9.07. The van der Waals surface area contributed by atoms with Crippen molar-refractivity contribution in [2.75, 3.05) is 0 Å². The summed E-state index contributed by atoms with van der Waals surface area (Å²) in [5, 5.41) is 11.5. The van der Waals surface area contributed by atoms with Crippen molar-refractivity contribution in [3.63, 3.8) is 0 Å². The summed E-state index contributed by atoms with van der Waals surface area (Å²) in [5.41, 5.74) is -0.212. The Bertz CT molecular complexity index is 530. The SMILES string of the molecule is Cn1c2nc(Br)nc-2c([O-])n(C)c1=O. The number of nitrogens with zero attached hydrogens (tertiary/aromatic N) is 4. The monoisotopic (exact) mass is 257 g/mol. The average molecular weight is 258 g/mol. The van der Waals surface area contributed by atoms with E-state index in [0.29, 0.717) is 10.6 Å². The van der Waals surface area contributed by atoms with E-state index in [2.05, 4.69) is 25.9 Å². The summed E-state index contributed by atoms with van der Waals surface area (Å²) in [5.74, 6) is -0.133. The third-order valence-corrected chi connectivity index (χ3v) is 2.37. The number of imidazole rings is 1. The molecule has 14 heavy (non-hydrogen) atoms. The van der Waals surface area contributed by atoms with Gasteiger partial charge in [-0.3, -0.25) is 4.57 Å². The second-order valence-corrected chi connectivity index (χ2v) is 3.58. The van der Waals surface area contributed by atoms with Crippen molar-refractivity contribution < 1.29 is 5.11 Å². The van der Waals surface area contributed by atoms with Gasteiger partial charge < -0.3 is 9.67 Å². The number of aromatic nitrogens is 4. The van der Waals surface area contributed by atoms with Crippen LogP contribution in [0.2, 0.25) is 0 Å². The number of rotatable bonds is 0. The standard InChI is InChI=1S/C7H7BrN4O2/c1-11-4-3(9-6(8)10-4)5(13)12(2)7(11)14/h13H,1-2H3/p-1. The molecule has 0 atom stereocenters. The molecule has 0 amide bonds. The van der Waals surface area contributed by atoms with Crippen LogP contribution in [-0.2, 0) is 14.1 Å². The Labute approximate surface area is 87.3 Å². The van der Waals surface area contributed by atoms with Gasteiger partial charge in [0.2, 0.25) is 0 Å². The third-order valence-electron chi connectivity index (χ3n) is 2.01. The molecule has 0 aromatic carbocycles. The van der Waals surface area contributed by atoms with E-state index in [9.17, 15) is 9.90 Å². The lowest BCUT2D eigenvalue weighted by Crippen LogP contribution is -2.31. The Morgan fingerprint density at radius 3 is 2.57 bits per heavy atom. The van der Waals surface area contributed by atoms with Gasteiger partial charge in [-0.15, -0.1) is 0 Å². The molecule has 0 radical (unpaired) electrons. The van der Waals surface area contributed by atoms with Gasteiger partial charge in [0.15, 0.2) is 10.6 Å². The molecule has 0 N–H and O–H groups in total. The van der Waals surface area contributed by atoms with Gasteiger partial charge in [0.1, 0.15) is 5.69 Å². The summed E-state index contributed by atoms with van der Waals surface area (Å²) in [6.45, 7) is 0. The number of hydrogen-bond donors (Lipinski definition) is 0. The number of hydrogen-bond acceptors (Lipinski definition) is 4. The normalized spacial score (nSPS) is 11.1. The summed E-state index contributed by atoms with van der Waals surface area (Å²) >= 11 is 3.06. The van der Waals surface area contributed by atoms with E-state index in [-0.39, 0.29) is 5.69 Å². The van der Waals surface area contributed by atoms with Crippen LogP contribution < -0.4 is 10.8 Å². The van der Waals surface area contributed by atoms with Gasteiger partial charge in [-0.25, -0.2) is 14.8 Å². The molecule has 0 saturated heterocycles. The van der Waals surface area contributed by atoms with Crippen LogP contribution in [0, 0.1) is 0 Å². The Kier molecular flexibility index (Phi) is 1.84. The van der Waals surface area contributed by atoms with Gasteiger partial charge in [0.25, 0.3) is 0 Å². The highest BCUT2D eigenvalue weighted by Crippen LogP contribution is 2.25. The summed E-state index contributed by atoms with van der Waals surface area (Å²) in [4.78, 5) is 19.3. The summed E-state index contributed by atoms with van der Waals surface area (Å²) in [6.07, 6.45) is 0. The van der Waals surface area contributed by atoms with Gasteiger partial charge in [-0.2, -0.15) is 0 Å². The minimum absolute atomic E-state index is 0.196. The lowest BCUT2D eigenvalue weighted by molar-refractivity contribution is -0.278. The van der Waals surface area contributed by atoms with Crippen molar-refractivity contribution in [2.24, 2.45) is 14.1 Å². The zero-order valence-electron chi connectivity index (χ0n) is 7.48. The molecular formula is C7H6BrN4O2-. The second kappa shape index (κ2) is 2.81. The van der Waals surface area contributed by atoms with E-state index in [1.54, 1.807) is 7.05 Å². The molecule has 0 aromatic heterocycles. The fourth-order valence-corrected chi connectivity index (χ4v) is 1.59. The van der Waals surface area contributed by atoms with E-state index >= 15 is 0 Å². The van der Waals surface area contributed by atoms with Crippen molar-refractivity contribution in [3.8, 4) is 17.4 Å². The number of fused-ring (bicyclic) bond motifs is 1. The van der Waals surface area contributed by atoms with Crippen LogP contribution >= 0.6 is 15.9 Å². The first-order valence-corrected chi connectivity index (χ1v) is 4.57. The summed E-state index contributed by atoms with van der Waals surface area (Å²) in [6, 6.07) is 0. The minimum Gasteiger partial charge on any atom is -0.858 e. The minimum atomic E-state index is -0.429. The van der Waals surface area contributed by atoms with Crippen LogP contribution in [0.4, 0.5) is 0 Å². The molecule has 0 bridgehead atoms. The molecule has 74 valence electrons. The van der Waals surface area contributed by atoms with Crippen molar-refractivity contribution >= 4 is 15.9 Å². The molecule has 0 fully saturated rings. The fraction of sp³-hybridized carbons (Fsp3) is 0.286. The second-order valence-electron chi connectivity index (χ2n) is 2.87. The van der Waals surface area contributed by atoms with Gasteiger partial charge in [0.05, 0.1) is 0 Å². The molecule has 2 rings (SSSR count). The molecule has 0 aromatic rings. The summed E-state index contributed by atoms with van der Waals surface area (Å²) in [7, 11) is 2.96. The quantitative estimate of drug-likeness (QED) is 0.594. The van der Waals surface area contributed by atoms with Crippen molar-refractivity contribution in [2.45, 2.75) is 0 Å². The third kappa shape index (κ3) is 1.05. The molecule has 2 aliphatic heterocycles. The molecule has 2 aliphatic rings. The predicted molar refractivity (Wildman–Crippen MR) is 50.0 cm³/mol. The highest BCUT2D eigenvalue weighted by atomic mass is 79.9. The molecule has 2 heterocycles. The first kappa shape index (κ1) is 9.20. The van der Waals surface area contributed by atoms with Crippen LogP contribution in [0.15, 0.2) is 9.53 Å². The zero-order chi connectivity index (χ0) is 10.5. The molecule has 0 spiro atoms. The molecule has 0 unspecified atom stereocenters.